The molecule has 3 aromatic rings. The van der Waals surface area contributed by atoms with Crippen LogP contribution in [0.5, 0.6) is 0 Å². The lowest BCUT2D eigenvalue weighted by atomic mass is 9.91. The van der Waals surface area contributed by atoms with Crippen molar-refractivity contribution in [1.29, 1.82) is 5.26 Å². The van der Waals surface area contributed by atoms with E-state index in [0.717, 1.165) is 57.6 Å². The molecule has 3 heterocycles. The van der Waals surface area contributed by atoms with Crippen molar-refractivity contribution >= 4 is 16.9 Å². The Labute approximate surface area is 163 Å². The molecule has 0 atom stereocenters. The van der Waals surface area contributed by atoms with Gasteiger partial charge in [0.25, 0.3) is 0 Å². The van der Waals surface area contributed by atoms with E-state index in [1.54, 1.807) is 11.3 Å². The highest BCUT2D eigenvalue weighted by Gasteiger charge is 2.19. The Balaban J connectivity index is 1.73. The first kappa shape index (κ1) is 17.7. The van der Waals surface area contributed by atoms with Gasteiger partial charge in [-0.15, -0.1) is 11.3 Å². The molecular weight excluding hydrogens is 356 g/mol. The SMILES string of the molecule is Cc1cc(-n2c(C)cc(-c3csc(C(C#N)=C4CCCCC4)n3)c2C)no1. The van der Waals surface area contributed by atoms with E-state index in [0.29, 0.717) is 0 Å². The molecule has 27 heavy (non-hydrogen) atoms. The van der Waals surface area contributed by atoms with Gasteiger partial charge in [-0.05, 0) is 58.1 Å². The molecule has 0 aromatic carbocycles. The first-order valence-electron chi connectivity index (χ1n) is 9.29. The van der Waals surface area contributed by atoms with Gasteiger partial charge in [-0.1, -0.05) is 11.6 Å². The van der Waals surface area contributed by atoms with E-state index >= 15 is 0 Å². The number of nitrogens with zero attached hydrogens (tertiary/aromatic N) is 4. The fraction of sp³-hybridized carbons (Fsp3) is 0.381. The van der Waals surface area contributed by atoms with E-state index in [9.17, 15) is 5.26 Å². The topological polar surface area (TPSA) is 67.6 Å². The van der Waals surface area contributed by atoms with E-state index in [-0.39, 0.29) is 0 Å². The largest absolute Gasteiger partial charge is 0.360 e. The van der Waals surface area contributed by atoms with Crippen LogP contribution in [0.2, 0.25) is 0 Å². The summed E-state index contributed by atoms with van der Waals surface area (Å²) < 4.78 is 7.31. The fourth-order valence-corrected chi connectivity index (χ4v) is 4.71. The van der Waals surface area contributed by atoms with E-state index in [1.165, 1.54) is 24.8 Å². The smallest absolute Gasteiger partial charge is 0.180 e. The van der Waals surface area contributed by atoms with Gasteiger partial charge < -0.3 is 4.52 Å². The molecule has 1 saturated carbocycles. The Morgan fingerprint density at radius 1 is 1.19 bits per heavy atom. The van der Waals surface area contributed by atoms with Crippen LogP contribution in [0.1, 0.15) is 54.3 Å². The van der Waals surface area contributed by atoms with Crippen LogP contribution in [0, 0.1) is 32.1 Å². The maximum Gasteiger partial charge on any atom is 0.180 e. The van der Waals surface area contributed by atoms with Gasteiger partial charge in [0.05, 0.1) is 11.3 Å². The van der Waals surface area contributed by atoms with Crippen LogP contribution in [0.25, 0.3) is 22.6 Å². The molecule has 1 aliphatic rings. The Kier molecular flexibility index (Phi) is 4.71. The van der Waals surface area contributed by atoms with Gasteiger partial charge in [0, 0.05) is 28.4 Å². The molecule has 0 saturated heterocycles. The van der Waals surface area contributed by atoms with Crippen molar-refractivity contribution in [3.8, 4) is 23.1 Å². The molecule has 0 amide bonds. The number of thiazole rings is 1. The number of aromatic nitrogens is 3. The van der Waals surface area contributed by atoms with Crippen molar-refractivity contribution in [3.05, 3.63) is 45.2 Å². The number of hydrogen-bond acceptors (Lipinski definition) is 5. The van der Waals surface area contributed by atoms with Crippen LogP contribution in [-0.2, 0) is 0 Å². The van der Waals surface area contributed by atoms with Crippen LogP contribution < -0.4 is 0 Å². The second-order valence-corrected chi connectivity index (χ2v) is 7.96. The Morgan fingerprint density at radius 2 is 1.96 bits per heavy atom. The molecule has 6 heteroatoms. The predicted molar refractivity (Wildman–Crippen MR) is 107 cm³/mol. The monoisotopic (exact) mass is 378 g/mol. The van der Waals surface area contributed by atoms with Crippen LogP contribution in [0.4, 0.5) is 0 Å². The van der Waals surface area contributed by atoms with Crippen LogP contribution in [0.15, 0.2) is 27.6 Å². The molecule has 138 valence electrons. The van der Waals surface area contributed by atoms with Gasteiger partial charge in [0.15, 0.2) is 5.82 Å². The number of rotatable bonds is 3. The van der Waals surface area contributed by atoms with E-state index in [4.69, 9.17) is 9.51 Å². The lowest BCUT2D eigenvalue weighted by Gasteiger charge is -2.14. The maximum absolute atomic E-state index is 9.70. The Hall–Kier alpha value is -2.65. The third kappa shape index (κ3) is 3.24. The molecule has 1 aliphatic carbocycles. The highest BCUT2D eigenvalue weighted by atomic mass is 32.1. The van der Waals surface area contributed by atoms with Crippen LogP contribution in [0.3, 0.4) is 0 Å². The van der Waals surface area contributed by atoms with E-state index in [2.05, 4.69) is 41.1 Å². The minimum absolute atomic E-state index is 0.784. The summed E-state index contributed by atoms with van der Waals surface area (Å²) in [6.45, 7) is 6.01. The van der Waals surface area contributed by atoms with Gasteiger partial charge in [0.2, 0.25) is 0 Å². The molecule has 0 N–H and O–H groups in total. The van der Waals surface area contributed by atoms with Crippen molar-refractivity contribution in [3.63, 3.8) is 0 Å². The lowest BCUT2D eigenvalue weighted by molar-refractivity contribution is 0.394. The summed E-state index contributed by atoms with van der Waals surface area (Å²) in [4.78, 5) is 4.82. The molecular formula is C21H22N4OS. The highest BCUT2D eigenvalue weighted by molar-refractivity contribution is 7.11. The van der Waals surface area contributed by atoms with Crippen molar-refractivity contribution in [2.24, 2.45) is 0 Å². The van der Waals surface area contributed by atoms with Gasteiger partial charge in [-0.2, -0.15) is 5.26 Å². The van der Waals surface area contributed by atoms with E-state index < -0.39 is 0 Å². The molecule has 0 unspecified atom stereocenters. The number of aryl methyl sites for hydroxylation is 2. The summed E-state index contributed by atoms with van der Waals surface area (Å²) >= 11 is 1.56. The first-order chi connectivity index (χ1) is 13.1. The predicted octanol–water partition coefficient (Wildman–Crippen LogP) is 5.76. The quantitative estimate of drug-likeness (QED) is 0.544. The normalized spacial score (nSPS) is 14.4. The number of allylic oxidation sites excluding steroid dienone is 2. The van der Waals surface area contributed by atoms with Gasteiger partial charge in [-0.3, -0.25) is 4.57 Å². The van der Waals surface area contributed by atoms with Crippen molar-refractivity contribution in [2.45, 2.75) is 52.9 Å². The minimum atomic E-state index is 0.784. The summed E-state index contributed by atoms with van der Waals surface area (Å²) in [7, 11) is 0. The first-order valence-corrected chi connectivity index (χ1v) is 10.2. The lowest BCUT2D eigenvalue weighted by Crippen LogP contribution is -1.99. The van der Waals surface area contributed by atoms with Gasteiger partial charge in [-0.25, -0.2) is 4.98 Å². The summed E-state index contributed by atoms with van der Waals surface area (Å²) in [5, 5.41) is 16.7. The summed E-state index contributed by atoms with van der Waals surface area (Å²) in [5.74, 6) is 1.57. The Bertz CT molecular complexity index is 1050. The summed E-state index contributed by atoms with van der Waals surface area (Å²) in [6.07, 6.45) is 5.67. The van der Waals surface area contributed by atoms with Crippen molar-refractivity contribution < 1.29 is 4.52 Å². The van der Waals surface area contributed by atoms with Gasteiger partial charge in [0.1, 0.15) is 16.8 Å². The molecule has 0 radical (unpaired) electrons. The third-order valence-electron chi connectivity index (χ3n) is 5.19. The molecule has 0 bridgehead atoms. The zero-order chi connectivity index (χ0) is 19.0. The molecule has 3 aromatic heterocycles. The molecule has 0 aliphatic heterocycles. The molecule has 4 rings (SSSR count). The van der Waals surface area contributed by atoms with Crippen LogP contribution >= 0.6 is 11.3 Å². The molecule has 1 fully saturated rings. The fourth-order valence-electron chi connectivity index (χ4n) is 3.85. The summed E-state index contributed by atoms with van der Waals surface area (Å²) in [6, 6.07) is 6.46. The van der Waals surface area contributed by atoms with Crippen molar-refractivity contribution in [2.75, 3.05) is 0 Å². The zero-order valence-electron chi connectivity index (χ0n) is 15.9. The zero-order valence-corrected chi connectivity index (χ0v) is 16.7. The van der Waals surface area contributed by atoms with Crippen LogP contribution in [-0.4, -0.2) is 14.7 Å². The Morgan fingerprint density at radius 3 is 2.63 bits per heavy atom. The third-order valence-corrected chi connectivity index (χ3v) is 6.05. The highest BCUT2D eigenvalue weighted by Crippen LogP contribution is 2.35. The summed E-state index contributed by atoms with van der Waals surface area (Å²) in [5.41, 5.74) is 6.19. The molecule has 0 spiro atoms. The van der Waals surface area contributed by atoms with E-state index in [1.807, 2.05) is 13.0 Å². The standard InChI is InChI=1S/C21H22N4OS/c1-13-9-17(15(3)25(13)20-10-14(2)26-24-20)19-12-27-21(23-19)18(11-22)16-7-5-4-6-8-16/h9-10,12H,4-8H2,1-3H3. The average Bonchev–Trinajstić information content (AvgIpc) is 3.37. The number of hydrogen-bond donors (Lipinski definition) is 0. The minimum Gasteiger partial charge on any atom is -0.360 e. The van der Waals surface area contributed by atoms with Gasteiger partial charge >= 0.3 is 0 Å². The second-order valence-electron chi connectivity index (χ2n) is 7.10. The average molecular weight is 379 g/mol. The second kappa shape index (κ2) is 7.16. The molecule has 5 nitrogen and oxygen atoms in total. The number of nitriles is 1. The maximum atomic E-state index is 9.70. The van der Waals surface area contributed by atoms with Crippen molar-refractivity contribution in [1.82, 2.24) is 14.7 Å².